The van der Waals surface area contributed by atoms with Gasteiger partial charge in [0, 0.05) is 10.9 Å². The Morgan fingerprint density at radius 2 is 1.88 bits per heavy atom. The molecule has 2 unspecified atom stereocenters. The predicted octanol–water partition coefficient (Wildman–Crippen LogP) is 2.67. The Labute approximate surface area is 156 Å². The van der Waals surface area contributed by atoms with E-state index >= 15 is 0 Å². The van der Waals surface area contributed by atoms with Crippen LogP contribution in [0.2, 0.25) is 0 Å². The molecule has 0 saturated heterocycles. The number of imide groups is 1. The van der Waals surface area contributed by atoms with E-state index in [4.69, 9.17) is 4.74 Å². The van der Waals surface area contributed by atoms with Gasteiger partial charge >= 0.3 is 12.0 Å². The SMILES string of the molecule is C=CCNC(=O)NC(=O)COC(=O)CC12C[C@@H]3C[C@@H](CC(Br)(C3)C1)C2. The highest BCUT2D eigenvalue weighted by atomic mass is 79.9. The summed E-state index contributed by atoms with van der Waals surface area (Å²) in [4.78, 5) is 35.3. The molecule has 0 radical (unpaired) electrons. The quantitative estimate of drug-likeness (QED) is 0.399. The van der Waals surface area contributed by atoms with Crippen molar-refractivity contribution in [3.8, 4) is 0 Å². The van der Waals surface area contributed by atoms with Crippen molar-refractivity contribution in [3.63, 3.8) is 0 Å². The number of esters is 1. The number of halogens is 1. The van der Waals surface area contributed by atoms with Crippen LogP contribution >= 0.6 is 15.9 Å². The largest absolute Gasteiger partial charge is 0.456 e. The third-order valence-electron chi connectivity index (χ3n) is 5.65. The highest BCUT2D eigenvalue weighted by Crippen LogP contribution is 2.65. The van der Waals surface area contributed by atoms with Crippen LogP contribution in [0, 0.1) is 17.3 Å². The van der Waals surface area contributed by atoms with Crippen molar-refractivity contribution in [1.82, 2.24) is 10.6 Å². The van der Waals surface area contributed by atoms with Gasteiger partial charge in [0.2, 0.25) is 0 Å². The maximum Gasteiger partial charge on any atom is 0.321 e. The summed E-state index contributed by atoms with van der Waals surface area (Å²) in [6.45, 7) is 3.30. The van der Waals surface area contributed by atoms with E-state index in [-0.39, 0.29) is 22.3 Å². The van der Waals surface area contributed by atoms with Crippen LogP contribution in [0.4, 0.5) is 4.79 Å². The molecule has 2 N–H and O–H groups in total. The highest BCUT2D eigenvalue weighted by molar-refractivity contribution is 9.10. The number of carbonyl (C=O) groups excluding carboxylic acids is 3. The molecular formula is C18H25BrN2O4. The Kier molecular flexibility index (Phi) is 5.23. The smallest absolute Gasteiger partial charge is 0.321 e. The summed E-state index contributed by atoms with van der Waals surface area (Å²) in [5.74, 6) is 0.424. The Hall–Kier alpha value is -1.37. The van der Waals surface area contributed by atoms with Crippen molar-refractivity contribution in [1.29, 1.82) is 0 Å². The number of ether oxygens (including phenoxy) is 1. The zero-order valence-corrected chi connectivity index (χ0v) is 15.9. The van der Waals surface area contributed by atoms with Gasteiger partial charge in [-0.3, -0.25) is 14.9 Å². The van der Waals surface area contributed by atoms with Crippen LogP contribution in [0.3, 0.4) is 0 Å². The standard InChI is InChI=1S/C18H25BrN2O4/c1-2-3-20-16(24)21-14(22)10-25-15(23)9-17-5-12-4-13(6-17)8-18(19,7-12)11-17/h2,12-13H,1,3-11H2,(H2,20,21,22,24)/t12-,13+,17?,18?. The molecule has 0 aromatic carbocycles. The molecular weight excluding hydrogens is 388 g/mol. The summed E-state index contributed by atoms with van der Waals surface area (Å²) in [5.41, 5.74) is 0.0163. The predicted molar refractivity (Wildman–Crippen MR) is 96.1 cm³/mol. The Morgan fingerprint density at radius 3 is 2.48 bits per heavy atom. The topological polar surface area (TPSA) is 84.5 Å². The number of alkyl halides is 1. The molecule has 4 saturated carbocycles. The van der Waals surface area contributed by atoms with Gasteiger partial charge in [-0.15, -0.1) is 6.58 Å². The maximum absolute atomic E-state index is 12.3. The summed E-state index contributed by atoms with van der Waals surface area (Å²) in [5, 5.41) is 4.54. The average molecular weight is 413 g/mol. The molecule has 4 fully saturated rings. The minimum absolute atomic E-state index is 0.0163. The number of hydrogen-bond acceptors (Lipinski definition) is 4. The van der Waals surface area contributed by atoms with E-state index in [1.54, 1.807) is 0 Å². The Bertz CT molecular complexity index is 578. The van der Waals surface area contributed by atoms with E-state index in [9.17, 15) is 14.4 Å². The summed E-state index contributed by atoms with van der Waals surface area (Å²) in [6.07, 6.45) is 8.76. The van der Waals surface area contributed by atoms with Gasteiger partial charge in [-0.1, -0.05) is 22.0 Å². The Morgan fingerprint density at radius 1 is 1.20 bits per heavy atom. The zero-order chi connectivity index (χ0) is 18.1. The molecule has 0 aliphatic heterocycles. The van der Waals surface area contributed by atoms with Crippen molar-refractivity contribution >= 4 is 33.8 Å². The third-order valence-corrected chi connectivity index (χ3v) is 6.58. The fourth-order valence-corrected chi connectivity index (χ4v) is 6.93. The highest BCUT2D eigenvalue weighted by Gasteiger charge is 2.57. The van der Waals surface area contributed by atoms with Gasteiger partial charge in [0.1, 0.15) is 0 Å². The lowest BCUT2D eigenvalue weighted by atomic mass is 9.49. The molecule has 6 nitrogen and oxygen atoms in total. The van der Waals surface area contributed by atoms with Crippen molar-refractivity contribution in [2.75, 3.05) is 13.2 Å². The van der Waals surface area contributed by atoms with Crippen LogP contribution in [-0.4, -0.2) is 35.4 Å². The number of nitrogens with one attached hydrogen (secondary N) is 2. The Balaban J connectivity index is 1.46. The minimum Gasteiger partial charge on any atom is -0.456 e. The minimum atomic E-state index is -0.627. The van der Waals surface area contributed by atoms with E-state index in [1.807, 2.05) is 0 Å². The van der Waals surface area contributed by atoms with Gasteiger partial charge in [-0.2, -0.15) is 0 Å². The third kappa shape index (κ3) is 4.43. The maximum atomic E-state index is 12.3. The number of amides is 3. The summed E-state index contributed by atoms with van der Waals surface area (Å²) in [7, 11) is 0. The van der Waals surface area contributed by atoms with Crippen LogP contribution in [0.25, 0.3) is 0 Å². The van der Waals surface area contributed by atoms with E-state index < -0.39 is 18.5 Å². The number of urea groups is 1. The van der Waals surface area contributed by atoms with Crippen LogP contribution in [0.1, 0.15) is 44.9 Å². The molecule has 0 heterocycles. The van der Waals surface area contributed by atoms with E-state index in [2.05, 4.69) is 33.1 Å². The molecule has 138 valence electrons. The molecule has 4 aliphatic rings. The van der Waals surface area contributed by atoms with Crippen LogP contribution < -0.4 is 10.6 Å². The van der Waals surface area contributed by atoms with Gasteiger partial charge in [0.15, 0.2) is 6.61 Å². The van der Waals surface area contributed by atoms with Crippen molar-refractivity contribution < 1.29 is 19.1 Å². The second-order valence-corrected chi connectivity index (χ2v) is 9.68. The summed E-state index contributed by atoms with van der Waals surface area (Å²) < 4.78 is 5.31. The first kappa shape index (κ1) is 18.4. The molecule has 4 atom stereocenters. The molecule has 25 heavy (non-hydrogen) atoms. The first-order chi connectivity index (χ1) is 11.8. The van der Waals surface area contributed by atoms with Gasteiger partial charge in [-0.05, 0) is 55.8 Å². The molecule has 4 bridgehead atoms. The van der Waals surface area contributed by atoms with Gasteiger partial charge in [0.05, 0.1) is 6.42 Å². The molecule has 4 aliphatic carbocycles. The molecule has 4 rings (SSSR count). The van der Waals surface area contributed by atoms with Crippen LogP contribution in [-0.2, 0) is 14.3 Å². The van der Waals surface area contributed by atoms with Crippen LogP contribution in [0.15, 0.2) is 12.7 Å². The van der Waals surface area contributed by atoms with Gasteiger partial charge in [-0.25, -0.2) is 4.79 Å². The van der Waals surface area contributed by atoms with E-state index in [0.717, 1.165) is 19.3 Å². The van der Waals surface area contributed by atoms with Crippen LogP contribution in [0.5, 0.6) is 0 Å². The lowest BCUT2D eigenvalue weighted by Gasteiger charge is -2.60. The average Bonchev–Trinajstić information content (AvgIpc) is 2.48. The van der Waals surface area contributed by atoms with Gasteiger partial charge in [0.25, 0.3) is 5.91 Å². The molecule has 3 amide bonds. The van der Waals surface area contributed by atoms with Crippen molar-refractivity contribution in [2.45, 2.75) is 49.3 Å². The number of hydrogen-bond donors (Lipinski definition) is 2. The molecule has 0 aromatic heterocycles. The monoisotopic (exact) mass is 412 g/mol. The second-order valence-electron chi connectivity index (χ2n) is 8.00. The summed E-state index contributed by atoms with van der Waals surface area (Å²) >= 11 is 3.92. The molecule has 0 spiro atoms. The molecule has 0 aromatic rings. The molecule has 7 heteroatoms. The fourth-order valence-electron chi connectivity index (χ4n) is 5.42. The van der Waals surface area contributed by atoms with Gasteiger partial charge < -0.3 is 10.1 Å². The van der Waals surface area contributed by atoms with E-state index in [1.165, 1.54) is 25.3 Å². The zero-order valence-electron chi connectivity index (χ0n) is 14.3. The number of carbonyl (C=O) groups is 3. The first-order valence-electron chi connectivity index (χ1n) is 8.85. The van der Waals surface area contributed by atoms with Crippen molar-refractivity contribution in [2.24, 2.45) is 17.3 Å². The first-order valence-corrected chi connectivity index (χ1v) is 9.64. The normalized spacial score (nSPS) is 35.1. The lowest BCUT2D eigenvalue weighted by molar-refractivity contribution is -0.154. The fraction of sp³-hybridized carbons (Fsp3) is 0.722. The summed E-state index contributed by atoms with van der Waals surface area (Å²) in [6, 6.07) is -0.622. The second kappa shape index (κ2) is 7.09. The number of rotatable bonds is 6. The van der Waals surface area contributed by atoms with Crippen molar-refractivity contribution in [3.05, 3.63) is 12.7 Å². The lowest BCUT2D eigenvalue weighted by Crippen LogP contribution is -2.53. The van der Waals surface area contributed by atoms with E-state index in [0.29, 0.717) is 18.3 Å².